The number of nitrogens with zero attached hydrogens (tertiary/aromatic N) is 2. The van der Waals surface area contributed by atoms with Crippen LogP contribution < -0.4 is 4.74 Å². The van der Waals surface area contributed by atoms with E-state index in [0.717, 1.165) is 61.6 Å². The average molecular weight is 587 g/mol. The molecule has 2 heterocycles. The van der Waals surface area contributed by atoms with Crippen molar-refractivity contribution < 1.29 is 14.6 Å². The minimum absolute atomic E-state index is 0.168. The van der Waals surface area contributed by atoms with Crippen molar-refractivity contribution in [1.29, 1.82) is 0 Å². The van der Waals surface area contributed by atoms with E-state index in [1.165, 1.54) is 32.1 Å². The van der Waals surface area contributed by atoms with Crippen molar-refractivity contribution in [3.8, 4) is 28.1 Å². The first-order chi connectivity index (χ1) is 21.0. The van der Waals surface area contributed by atoms with E-state index < -0.39 is 5.97 Å². The lowest BCUT2D eigenvalue weighted by molar-refractivity contribution is 0.0697. The molecule has 1 fully saturated rings. The van der Waals surface area contributed by atoms with Gasteiger partial charge in [0.2, 0.25) is 0 Å². The molecule has 1 aliphatic carbocycles. The highest BCUT2D eigenvalue weighted by atomic mass is 35.5. The van der Waals surface area contributed by atoms with Crippen LogP contribution in [0.5, 0.6) is 5.75 Å². The highest BCUT2D eigenvalue weighted by Gasteiger charge is 2.35. The van der Waals surface area contributed by atoms with Gasteiger partial charge in [0.1, 0.15) is 5.75 Å². The first kappa shape index (κ1) is 27.4. The van der Waals surface area contributed by atoms with E-state index in [9.17, 15) is 9.90 Å². The number of hydrogen-bond donors (Lipinski definition) is 1. The summed E-state index contributed by atoms with van der Waals surface area (Å²) in [7, 11) is 1.67. The molecule has 0 bridgehead atoms. The Morgan fingerprint density at radius 1 is 0.837 bits per heavy atom. The molecular weight excluding hydrogens is 556 g/mol. The Morgan fingerprint density at radius 2 is 1.63 bits per heavy atom. The van der Waals surface area contributed by atoms with E-state index in [2.05, 4.69) is 36.4 Å². The van der Waals surface area contributed by atoms with Crippen molar-refractivity contribution in [1.82, 2.24) is 4.98 Å². The lowest BCUT2D eigenvalue weighted by Crippen LogP contribution is -2.22. The minimum Gasteiger partial charge on any atom is -0.497 e. The second-order valence-corrected chi connectivity index (χ2v) is 11.9. The van der Waals surface area contributed by atoms with Crippen molar-refractivity contribution in [2.45, 2.75) is 38.0 Å². The third-order valence-electron chi connectivity index (χ3n) is 8.91. The third kappa shape index (κ3) is 5.19. The fourth-order valence-electron chi connectivity index (χ4n) is 6.75. The Kier molecular flexibility index (Phi) is 7.20. The second kappa shape index (κ2) is 11.3. The SMILES string of the molecule is COc1ccc(-c2ccc(Cl)cc2)c(-c2ccc3cc(C4=Nc5cc(C(=O)O)ccc5C4C4CCCCC4)ccc3n2)c1. The minimum atomic E-state index is -0.927. The molecule has 0 spiro atoms. The number of carboxylic acids is 1. The van der Waals surface area contributed by atoms with Gasteiger partial charge in [-0.05, 0) is 95.6 Å². The van der Waals surface area contributed by atoms with Gasteiger partial charge in [0.15, 0.2) is 0 Å². The Hall–Kier alpha value is -4.48. The number of aromatic carboxylic acids is 1. The number of halogens is 1. The molecule has 1 aliphatic heterocycles. The quantitative estimate of drug-likeness (QED) is 0.215. The number of rotatable bonds is 6. The summed E-state index contributed by atoms with van der Waals surface area (Å²) in [4.78, 5) is 21.9. The average Bonchev–Trinajstić information content (AvgIpc) is 3.44. The van der Waals surface area contributed by atoms with Crippen LogP contribution in [-0.4, -0.2) is 28.9 Å². The van der Waals surface area contributed by atoms with Gasteiger partial charge < -0.3 is 9.84 Å². The topological polar surface area (TPSA) is 71.8 Å². The maximum atomic E-state index is 11.7. The second-order valence-electron chi connectivity index (χ2n) is 11.5. The third-order valence-corrected chi connectivity index (χ3v) is 9.16. The molecule has 5 nitrogen and oxygen atoms in total. The number of aromatic nitrogens is 1. The highest BCUT2D eigenvalue weighted by Crippen LogP contribution is 2.47. The zero-order chi connectivity index (χ0) is 29.5. The summed E-state index contributed by atoms with van der Waals surface area (Å²) >= 11 is 6.16. The van der Waals surface area contributed by atoms with E-state index in [4.69, 9.17) is 26.3 Å². The van der Waals surface area contributed by atoms with Crippen molar-refractivity contribution in [2.75, 3.05) is 7.11 Å². The molecular formula is C37H31ClN2O3. The fraction of sp³-hybridized carbons (Fsp3) is 0.216. The molecule has 0 amide bonds. The van der Waals surface area contributed by atoms with E-state index >= 15 is 0 Å². The Bertz CT molecular complexity index is 1890. The molecule has 7 rings (SSSR count). The molecule has 4 aromatic carbocycles. The van der Waals surface area contributed by atoms with Gasteiger partial charge in [0.25, 0.3) is 0 Å². The number of hydrogen-bond acceptors (Lipinski definition) is 4. The van der Waals surface area contributed by atoms with Gasteiger partial charge in [-0.15, -0.1) is 0 Å². The largest absolute Gasteiger partial charge is 0.497 e. The van der Waals surface area contributed by atoms with Gasteiger partial charge in [-0.3, -0.25) is 4.99 Å². The molecule has 43 heavy (non-hydrogen) atoms. The summed E-state index contributed by atoms with van der Waals surface area (Å²) in [5, 5.41) is 11.3. The first-order valence-corrected chi connectivity index (χ1v) is 15.2. The molecule has 6 heteroatoms. The van der Waals surface area contributed by atoms with Gasteiger partial charge in [-0.25, -0.2) is 9.78 Å². The van der Waals surface area contributed by atoms with Gasteiger partial charge in [0.05, 0.1) is 35.3 Å². The van der Waals surface area contributed by atoms with Crippen LogP contribution in [0.15, 0.2) is 96.0 Å². The number of pyridine rings is 1. The van der Waals surface area contributed by atoms with Gasteiger partial charge in [-0.2, -0.15) is 0 Å². The maximum Gasteiger partial charge on any atom is 0.335 e. The predicted octanol–water partition coefficient (Wildman–Crippen LogP) is 9.73. The van der Waals surface area contributed by atoms with Gasteiger partial charge >= 0.3 is 5.97 Å². The summed E-state index contributed by atoms with van der Waals surface area (Å²) in [6, 6.07) is 29.8. The number of fused-ring (bicyclic) bond motifs is 2. The van der Waals surface area contributed by atoms with Crippen LogP contribution in [-0.2, 0) is 0 Å². The molecule has 214 valence electrons. The molecule has 5 aromatic rings. The molecule has 1 unspecified atom stereocenters. The zero-order valence-corrected chi connectivity index (χ0v) is 24.6. The Morgan fingerprint density at radius 3 is 2.40 bits per heavy atom. The number of carbonyl (C=O) groups is 1. The molecule has 1 N–H and O–H groups in total. The van der Waals surface area contributed by atoms with Crippen LogP contribution in [0.3, 0.4) is 0 Å². The van der Waals surface area contributed by atoms with Crippen molar-refractivity contribution >= 4 is 39.9 Å². The first-order valence-electron chi connectivity index (χ1n) is 14.8. The molecule has 0 radical (unpaired) electrons. The predicted molar refractivity (Wildman–Crippen MR) is 173 cm³/mol. The Balaban J connectivity index is 1.29. The molecule has 1 aromatic heterocycles. The fourth-order valence-corrected chi connectivity index (χ4v) is 6.88. The maximum absolute atomic E-state index is 11.7. The van der Waals surface area contributed by atoms with Crippen molar-refractivity contribution in [3.63, 3.8) is 0 Å². The Labute approximate surface area is 255 Å². The zero-order valence-electron chi connectivity index (χ0n) is 23.9. The van der Waals surface area contributed by atoms with Crippen LogP contribution in [0.25, 0.3) is 33.3 Å². The van der Waals surface area contributed by atoms with Gasteiger partial charge in [0, 0.05) is 21.9 Å². The molecule has 0 saturated heterocycles. The van der Waals surface area contributed by atoms with Crippen molar-refractivity contribution in [3.05, 3.63) is 113 Å². The van der Waals surface area contributed by atoms with E-state index in [1.807, 2.05) is 42.5 Å². The lowest BCUT2D eigenvalue weighted by atomic mass is 9.74. The highest BCUT2D eigenvalue weighted by molar-refractivity contribution is 6.30. The lowest BCUT2D eigenvalue weighted by Gasteiger charge is -2.29. The van der Waals surface area contributed by atoms with Crippen LogP contribution in [0, 0.1) is 5.92 Å². The van der Waals surface area contributed by atoms with Gasteiger partial charge in [-0.1, -0.05) is 67.3 Å². The van der Waals surface area contributed by atoms with Crippen LogP contribution in [0.1, 0.15) is 59.5 Å². The normalized spacial score (nSPS) is 16.6. The monoisotopic (exact) mass is 586 g/mol. The summed E-state index contributed by atoms with van der Waals surface area (Å²) in [6.07, 6.45) is 6.06. The van der Waals surface area contributed by atoms with Crippen molar-refractivity contribution in [2.24, 2.45) is 10.9 Å². The van der Waals surface area contributed by atoms with Crippen LogP contribution in [0.2, 0.25) is 5.02 Å². The molecule has 1 saturated carbocycles. The number of carboxylic acid groups (broad SMARTS) is 1. The summed E-state index contributed by atoms with van der Waals surface area (Å²) < 4.78 is 5.56. The molecule has 2 aliphatic rings. The van der Waals surface area contributed by atoms with E-state index in [-0.39, 0.29) is 11.5 Å². The summed E-state index contributed by atoms with van der Waals surface area (Å²) in [6.45, 7) is 0. The number of ether oxygens (including phenoxy) is 1. The number of aliphatic imine (C=N–C) groups is 1. The van der Waals surface area contributed by atoms with E-state index in [0.29, 0.717) is 10.9 Å². The van der Waals surface area contributed by atoms with Crippen LogP contribution >= 0.6 is 11.6 Å². The van der Waals surface area contributed by atoms with E-state index in [1.54, 1.807) is 19.2 Å². The number of benzene rings is 4. The standard InChI is InChI=1S/C37H31ClN2O3/c1-43-28-14-16-29(22-7-12-27(38)13-8-22)31(21-28)33-18-10-24-19-25(11-17-32(24)39-33)36-35(23-5-3-2-4-6-23)30-15-9-26(37(41)42)20-34(30)40-36/h7-21,23,35H,2-6H2,1H3,(H,41,42). The summed E-state index contributed by atoms with van der Waals surface area (Å²) in [5.41, 5.74) is 9.14. The summed E-state index contributed by atoms with van der Waals surface area (Å²) in [5.74, 6) is 0.508. The number of methoxy groups -OCH3 is 1. The molecule has 1 atom stereocenters. The smallest absolute Gasteiger partial charge is 0.335 e. The van der Waals surface area contributed by atoms with Crippen LogP contribution in [0.4, 0.5) is 5.69 Å².